The fraction of sp³-hybridized carbons (Fsp3) is 0.333. The summed E-state index contributed by atoms with van der Waals surface area (Å²) in [6, 6.07) is 5.80. The fourth-order valence-corrected chi connectivity index (χ4v) is 2.22. The number of benzene rings is 1. The van der Waals surface area contributed by atoms with E-state index in [2.05, 4.69) is 11.4 Å². The molecule has 0 fully saturated rings. The number of hydrogen-bond acceptors (Lipinski definition) is 1. The Hall–Kier alpha value is -0.500. The predicted octanol–water partition coefficient (Wildman–Crippen LogP) is 3.76. The fourth-order valence-electron chi connectivity index (χ4n) is 1.80. The second-order valence-corrected chi connectivity index (χ2v) is 4.42. The second kappa shape index (κ2) is 5.02. The molecular formula is C12H13Cl2N. The second-order valence-electron chi connectivity index (χ2n) is 3.64. The van der Waals surface area contributed by atoms with Crippen LogP contribution in [0, 0.1) is 0 Å². The Morgan fingerprint density at radius 3 is 2.93 bits per heavy atom. The maximum absolute atomic E-state index is 6.19. The first-order valence-electron chi connectivity index (χ1n) is 5.13. The van der Waals surface area contributed by atoms with E-state index in [1.165, 1.54) is 5.57 Å². The van der Waals surface area contributed by atoms with Crippen LogP contribution in [0.4, 0.5) is 0 Å². The molecule has 1 aromatic rings. The summed E-state index contributed by atoms with van der Waals surface area (Å²) >= 11 is 12.2. The highest BCUT2D eigenvalue weighted by molar-refractivity contribution is 6.43. The van der Waals surface area contributed by atoms with Gasteiger partial charge in [0.15, 0.2) is 0 Å². The van der Waals surface area contributed by atoms with Crippen molar-refractivity contribution in [2.75, 3.05) is 13.1 Å². The van der Waals surface area contributed by atoms with Crippen molar-refractivity contribution in [2.45, 2.75) is 12.8 Å². The first-order valence-corrected chi connectivity index (χ1v) is 5.89. The molecule has 1 aliphatic rings. The van der Waals surface area contributed by atoms with Gasteiger partial charge in [0.1, 0.15) is 0 Å². The van der Waals surface area contributed by atoms with E-state index in [0.29, 0.717) is 10.0 Å². The van der Waals surface area contributed by atoms with Crippen LogP contribution in [-0.2, 0) is 0 Å². The molecule has 15 heavy (non-hydrogen) atoms. The number of halogens is 2. The van der Waals surface area contributed by atoms with E-state index >= 15 is 0 Å². The minimum absolute atomic E-state index is 0.632. The molecule has 0 saturated heterocycles. The van der Waals surface area contributed by atoms with Gasteiger partial charge in [-0.15, -0.1) is 0 Å². The molecule has 3 heteroatoms. The molecule has 2 rings (SSSR count). The highest BCUT2D eigenvalue weighted by atomic mass is 35.5. The van der Waals surface area contributed by atoms with Crippen LogP contribution in [0.25, 0.3) is 5.57 Å². The lowest BCUT2D eigenvalue weighted by atomic mass is 10.0. The van der Waals surface area contributed by atoms with Crippen molar-refractivity contribution in [1.29, 1.82) is 0 Å². The van der Waals surface area contributed by atoms with E-state index in [4.69, 9.17) is 23.2 Å². The highest BCUT2D eigenvalue weighted by Crippen LogP contribution is 2.32. The lowest BCUT2D eigenvalue weighted by molar-refractivity contribution is 0.723. The van der Waals surface area contributed by atoms with Gasteiger partial charge >= 0.3 is 0 Å². The molecule has 1 aromatic carbocycles. The van der Waals surface area contributed by atoms with E-state index in [9.17, 15) is 0 Å². The van der Waals surface area contributed by atoms with Crippen LogP contribution in [0.5, 0.6) is 0 Å². The number of rotatable bonds is 1. The van der Waals surface area contributed by atoms with Crippen molar-refractivity contribution in [3.05, 3.63) is 39.9 Å². The van der Waals surface area contributed by atoms with Crippen LogP contribution in [0.3, 0.4) is 0 Å². The van der Waals surface area contributed by atoms with Crippen molar-refractivity contribution < 1.29 is 0 Å². The zero-order valence-corrected chi connectivity index (χ0v) is 9.91. The standard InChI is InChI=1S/C12H13Cl2N/c13-11-5-1-4-10(12(11)14)9-3-2-7-15-8-6-9/h1,4-6,15H,2-3,7-8H2. The summed E-state index contributed by atoms with van der Waals surface area (Å²) in [6.45, 7) is 1.98. The largest absolute Gasteiger partial charge is 0.313 e. The zero-order valence-electron chi connectivity index (χ0n) is 8.39. The van der Waals surface area contributed by atoms with Crippen molar-refractivity contribution in [2.24, 2.45) is 0 Å². The average molecular weight is 242 g/mol. The minimum Gasteiger partial charge on any atom is -0.313 e. The third kappa shape index (κ3) is 2.54. The van der Waals surface area contributed by atoms with Crippen molar-refractivity contribution >= 4 is 28.8 Å². The Morgan fingerprint density at radius 2 is 2.07 bits per heavy atom. The van der Waals surface area contributed by atoms with Gasteiger partial charge in [-0.2, -0.15) is 0 Å². The molecule has 0 bridgehead atoms. The quantitative estimate of drug-likeness (QED) is 0.790. The zero-order chi connectivity index (χ0) is 10.7. The topological polar surface area (TPSA) is 12.0 Å². The Morgan fingerprint density at radius 1 is 1.20 bits per heavy atom. The lowest BCUT2D eigenvalue weighted by Crippen LogP contribution is -2.12. The molecule has 1 nitrogen and oxygen atoms in total. The Kier molecular flexibility index (Phi) is 3.68. The number of nitrogens with one attached hydrogen (secondary N) is 1. The van der Waals surface area contributed by atoms with Gasteiger partial charge in [-0.3, -0.25) is 0 Å². The molecule has 0 saturated carbocycles. The predicted molar refractivity (Wildman–Crippen MR) is 66.5 cm³/mol. The molecule has 0 radical (unpaired) electrons. The Bertz CT molecular complexity index is 385. The molecule has 0 amide bonds. The third-order valence-electron chi connectivity index (χ3n) is 2.59. The lowest BCUT2D eigenvalue weighted by Gasteiger charge is -2.08. The molecule has 0 spiro atoms. The maximum Gasteiger partial charge on any atom is 0.0667 e. The molecule has 0 unspecified atom stereocenters. The van der Waals surface area contributed by atoms with Crippen LogP contribution in [0.15, 0.2) is 24.3 Å². The van der Waals surface area contributed by atoms with Gasteiger partial charge in [0.25, 0.3) is 0 Å². The summed E-state index contributed by atoms with van der Waals surface area (Å²) in [5, 5.41) is 4.63. The Labute approximate surface area is 100 Å². The van der Waals surface area contributed by atoms with Gasteiger partial charge in [0.2, 0.25) is 0 Å². The molecule has 1 heterocycles. The van der Waals surface area contributed by atoms with Gasteiger partial charge in [-0.05, 0) is 36.6 Å². The normalized spacial score (nSPS) is 17.1. The summed E-state index contributed by atoms with van der Waals surface area (Å²) in [4.78, 5) is 0. The number of hydrogen-bond donors (Lipinski definition) is 1. The van der Waals surface area contributed by atoms with Crippen LogP contribution in [0.1, 0.15) is 18.4 Å². The first-order chi connectivity index (χ1) is 7.29. The van der Waals surface area contributed by atoms with Gasteiger partial charge < -0.3 is 5.32 Å². The van der Waals surface area contributed by atoms with Gasteiger partial charge in [-0.1, -0.05) is 41.4 Å². The SMILES string of the molecule is Clc1cccc(C2=CCNCCC2)c1Cl. The summed E-state index contributed by atoms with van der Waals surface area (Å²) in [5.41, 5.74) is 2.38. The summed E-state index contributed by atoms with van der Waals surface area (Å²) in [7, 11) is 0. The van der Waals surface area contributed by atoms with Crippen LogP contribution in [0.2, 0.25) is 10.0 Å². The summed E-state index contributed by atoms with van der Waals surface area (Å²) in [6.07, 6.45) is 4.41. The highest BCUT2D eigenvalue weighted by Gasteiger charge is 2.10. The van der Waals surface area contributed by atoms with E-state index < -0.39 is 0 Å². The molecule has 80 valence electrons. The smallest absolute Gasteiger partial charge is 0.0667 e. The average Bonchev–Trinajstić information content (AvgIpc) is 2.50. The Balaban J connectivity index is 2.35. The van der Waals surface area contributed by atoms with Crippen molar-refractivity contribution in [3.63, 3.8) is 0 Å². The van der Waals surface area contributed by atoms with E-state index in [0.717, 1.165) is 31.5 Å². The van der Waals surface area contributed by atoms with Crippen LogP contribution >= 0.6 is 23.2 Å². The van der Waals surface area contributed by atoms with Crippen LogP contribution in [-0.4, -0.2) is 13.1 Å². The van der Waals surface area contributed by atoms with Gasteiger partial charge in [-0.25, -0.2) is 0 Å². The van der Waals surface area contributed by atoms with E-state index in [-0.39, 0.29) is 0 Å². The number of allylic oxidation sites excluding steroid dienone is 1. The maximum atomic E-state index is 6.19. The van der Waals surface area contributed by atoms with Gasteiger partial charge in [0, 0.05) is 6.54 Å². The monoisotopic (exact) mass is 241 g/mol. The van der Waals surface area contributed by atoms with E-state index in [1.54, 1.807) is 0 Å². The van der Waals surface area contributed by atoms with Crippen molar-refractivity contribution in [3.8, 4) is 0 Å². The molecule has 0 aromatic heterocycles. The molecule has 1 aliphatic heterocycles. The van der Waals surface area contributed by atoms with Gasteiger partial charge in [0.05, 0.1) is 10.0 Å². The van der Waals surface area contributed by atoms with Crippen molar-refractivity contribution in [1.82, 2.24) is 5.32 Å². The van der Waals surface area contributed by atoms with E-state index in [1.807, 2.05) is 18.2 Å². The minimum atomic E-state index is 0.632. The molecular weight excluding hydrogens is 229 g/mol. The molecule has 1 N–H and O–H groups in total. The first kappa shape index (κ1) is 11.0. The molecule has 0 atom stereocenters. The van der Waals surface area contributed by atoms with Crippen LogP contribution < -0.4 is 5.32 Å². The summed E-state index contributed by atoms with van der Waals surface area (Å²) < 4.78 is 0. The third-order valence-corrected chi connectivity index (χ3v) is 3.41. The summed E-state index contributed by atoms with van der Waals surface area (Å²) in [5.74, 6) is 0. The molecule has 0 aliphatic carbocycles.